The summed E-state index contributed by atoms with van der Waals surface area (Å²) in [6.07, 6.45) is 3.48. The van der Waals surface area contributed by atoms with Crippen molar-refractivity contribution in [3.63, 3.8) is 0 Å². The Bertz CT molecular complexity index is 645. The third kappa shape index (κ3) is 4.66. The van der Waals surface area contributed by atoms with Crippen LogP contribution < -0.4 is 5.32 Å². The van der Waals surface area contributed by atoms with Gasteiger partial charge in [-0.15, -0.1) is 13.2 Å². The molecule has 5 nitrogen and oxygen atoms in total. The van der Waals surface area contributed by atoms with Crippen LogP contribution in [0.4, 0.5) is 5.69 Å². The molecular formula is C15H21N3O2S2. The van der Waals surface area contributed by atoms with E-state index in [1.165, 1.54) is 18.4 Å². The lowest BCUT2D eigenvalue weighted by atomic mass is 10.3. The van der Waals surface area contributed by atoms with Crippen molar-refractivity contribution in [2.45, 2.75) is 4.90 Å². The van der Waals surface area contributed by atoms with Crippen LogP contribution in [0.2, 0.25) is 0 Å². The van der Waals surface area contributed by atoms with Crippen LogP contribution in [-0.2, 0) is 10.0 Å². The van der Waals surface area contributed by atoms with Gasteiger partial charge in [-0.2, -0.15) is 0 Å². The van der Waals surface area contributed by atoms with Gasteiger partial charge in [-0.25, -0.2) is 12.7 Å². The number of hydrogen-bond acceptors (Lipinski definition) is 3. The number of benzene rings is 1. The zero-order valence-corrected chi connectivity index (χ0v) is 14.5. The smallest absolute Gasteiger partial charge is 0.242 e. The topological polar surface area (TPSA) is 52.7 Å². The maximum atomic E-state index is 12.1. The normalized spacial score (nSPS) is 11.0. The van der Waals surface area contributed by atoms with Crippen molar-refractivity contribution in [2.24, 2.45) is 0 Å². The Kier molecular flexibility index (Phi) is 6.73. The summed E-state index contributed by atoms with van der Waals surface area (Å²) in [5.41, 5.74) is 0.617. The Balaban J connectivity index is 2.97. The number of anilines is 1. The molecule has 1 aromatic rings. The van der Waals surface area contributed by atoms with Gasteiger partial charge in [-0.3, -0.25) is 0 Å². The summed E-state index contributed by atoms with van der Waals surface area (Å²) in [4.78, 5) is 2.08. The van der Waals surface area contributed by atoms with Gasteiger partial charge < -0.3 is 10.2 Å². The molecule has 0 aromatic heterocycles. The van der Waals surface area contributed by atoms with Crippen molar-refractivity contribution < 1.29 is 8.42 Å². The molecule has 1 rings (SSSR count). The van der Waals surface area contributed by atoms with Crippen LogP contribution in [0.15, 0.2) is 54.5 Å². The number of thiocarbonyl (C=S) groups is 1. The zero-order valence-electron chi connectivity index (χ0n) is 12.8. The molecule has 0 fully saturated rings. The standard InChI is InChI=1S/C15H21N3O2S2/c1-5-10-18(11-6-2)15(21)16-13-8-7-9-14(12-13)22(19,20)17(3)4/h5-9,12H,1-2,10-11H2,3-4H3,(H,16,21). The van der Waals surface area contributed by atoms with Gasteiger partial charge in [0.1, 0.15) is 0 Å². The minimum atomic E-state index is -3.47. The average Bonchev–Trinajstić information content (AvgIpc) is 2.47. The summed E-state index contributed by atoms with van der Waals surface area (Å²) in [6, 6.07) is 6.55. The van der Waals surface area contributed by atoms with E-state index in [1.807, 2.05) is 4.90 Å². The van der Waals surface area contributed by atoms with Gasteiger partial charge in [0.05, 0.1) is 4.90 Å². The highest BCUT2D eigenvalue weighted by atomic mass is 32.2. The van der Waals surface area contributed by atoms with Crippen LogP contribution in [0, 0.1) is 0 Å². The maximum Gasteiger partial charge on any atom is 0.242 e. The second-order valence-electron chi connectivity index (χ2n) is 4.73. The molecule has 0 heterocycles. The van der Waals surface area contributed by atoms with Crippen molar-refractivity contribution in [1.82, 2.24) is 9.21 Å². The minimum Gasteiger partial charge on any atom is -0.342 e. The van der Waals surface area contributed by atoms with Crippen LogP contribution >= 0.6 is 12.2 Å². The van der Waals surface area contributed by atoms with Crippen LogP contribution in [0.3, 0.4) is 0 Å². The van der Waals surface area contributed by atoms with E-state index in [1.54, 1.807) is 36.4 Å². The van der Waals surface area contributed by atoms with Crippen LogP contribution in [0.1, 0.15) is 0 Å². The average molecular weight is 339 g/mol. The maximum absolute atomic E-state index is 12.1. The van der Waals surface area contributed by atoms with Gasteiger partial charge in [-0.1, -0.05) is 18.2 Å². The van der Waals surface area contributed by atoms with E-state index in [-0.39, 0.29) is 4.90 Å². The minimum absolute atomic E-state index is 0.212. The van der Waals surface area contributed by atoms with Crippen LogP contribution in [0.5, 0.6) is 0 Å². The number of nitrogens with zero attached hydrogens (tertiary/aromatic N) is 2. The van der Waals surface area contributed by atoms with E-state index in [2.05, 4.69) is 18.5 Å². The summed E-state index contributed by atoms with van der Waals surface area (Å²) in [5, 5.41) is 3.53. The molecule has 0 aliphatic heterocycles. The fraction of sp³-hybridized carbons (Fsp3) is 0.267. The fourth-order valence-electron chi connectivity index (χ4n) is 1.70. The van der Waals surface area contributed by atoms with Crippen LogP contribution in [-0.4, -0.2) is 49.9 Å². The number of rotatable bonds is 7. The van der Waals surface area contributed by atoms with E-state index in [0.29, 0.717) is 23.9 Å². The number of nitrogens with one attached hydrogen (secondary N) is 1. The summed E-state index contributed by atoms with van der Waals surface area (Å²) < 4.78 is 25.4. The SMILES string of the molecule is C=CCN(CC=C)C(=S)Nc1cccc(S(=O)(=O)N(C)C)c1. The van der Waals surface area contributed by atoms with E-state index >= 15 is 0 Å². The van der Waals surface area contributed by atoms with Crippen molar-refractivity contribution in [3.8, 4) is 0 Å². The molecule has 0 unspecified atom stereocenters. The van der Waals surface area contributed by atoms with Crippen molar-refractivity contribution >= 4 is 33.0 Å². The molecule has 120 valence electrons. The summed E-state index contributed by atoms with van der Waals surface area (Å²) in [7, 11) is -0.480. The van der Waals surface area contributed by atoms with Gasteiger partial charge in [0.2, 0.25) is 10.0 Å². The molecule has 0 radical (unpaired) electrons. The Hall–Kier alpha value is -1.70. The Morgan fingerprint density at radius 2 is 1.86 bits per heavy atom. The highest BCUT2D eigenvalue weighted by Gasteiger charge is 2.17. The molecule has 0 amide bonds. The predicted octanol–water partition coefficient (Wildman–Crippen LogP) is 2.31. The van der Waals surface area contributed by atoms with Crippen molar-refractivity contribution in [1.29, 1.82) is 0 Å². The molecule has 0 saturated heterocycles. The third-order valence-corrected chi connectivity index (χ3v) is 5.02. The monoisotopic (exact) mass is 339 g/mol. The predicted molar refractivity (Wildman–Crippen MR) is 95.5 cm³/mol. The second kappa shape index (κ2) is 8.07. The quantitative estimate of drug-likeness (QED) is 0.610. The molecule has 22 heavy (non-hydrogen) atoms. The Morgan fingerprint density at radius 3 is 2.36 bits per heavy atom. The summed E-state index contributed by atoms with van der Waals surface area (Å²) >= 11 is 5.34. The molecule has 0 aliphatic carbocycles. The number of hydrogen-bond donors (Lipinski definition) is 1. The van der Waals surface area contributed by atoms with Crippen molar-refractivity contribution in [3.05, 3.63) is 49.6 Å². The highest BCUT2D eigenvalue weighted by molar-refractivity contribution is 7.89. The summed E-state index contributed by atoms with van der Waals surface area (Å²) in [6.45, 7) is 8.53. The largest absolute Gasteiger partial charge is 0.342 e. The Morgan fingerprint density at radius 1 is 1.27 bits per heavy atom. The molecule has 0 atom stereocenters. The first-order valence-corrected chi connectivity index (χ1v) is 8.48. The van der Waals surface area contributed by atoms with Gasteiger partial charge in [0.15, 0.2) is 5.11 Å². The van der Waals surface area contributed by atoms with Gasteiger partial charge >= 0.3 is 0 Å². The molecule has 1 aromatic carbocycles. The molecular weight excluding hydrogens is 318 g/mol. The molecule has 0 aliphatic rings. The lowest BCUT2D eigenvalue weighted by Gasteiger charge is -2.23. The van der Waals surface area contributed by atoms with Gasteiger partial charge in [0.25, 0.3) is 0 Å². The van der Waals surface area contributed by atoms with E-state index in [9.17, 15) is 8.42 Å². The van der Waals surface area contributed by atoms with Gasteiger partial charge in [0, 0.05) is 32.9 Å². The first kappa shape index (κ1) is 18.3. The highest BCUT2D eigenvalue weighted by Crippen LogP contribution is 2.18. The summed E-state index contributed by atoms with van der Waals surface area (Å²) in [5.74, 6) is 0. The lowest BCUT2D eigenvalue weighted by molar-refractivity contribution is 0.520. The van der Waals surface area contributed by atoms with E-state index in [0.717, 1.165) is 0 Å². The first-order chi connectivity index (χ1) is 10.3. The fourth-order valence-corrected chi connectivity index (χ4v) is 2.91. The third-order valence-electron chi connectivity index (χ3n) is 2.85. The lowest BCUT2D eigenvalue weighted by Crippen LogP contribution is -2.35. The molecule has 7 heteroatoms. The molecule has 0 bridgehead atoms. The van der Waals surface area contributed by atoms with E-state index in [4.69, 9.17) is 12.2 Å². The number of sulfonamides is 1. The molecule has 1 N–H and O–H groups in total. The zero-order chi connectivity index (χ0) is 16.8. The van der Waals surface area contributed by atoms with E-state index < -0.39 is 10.0 Å². The van der Waals surface area contributed by atoms with Crippen LogP contribution in [0.25, 0.3) is 0 Å². The molecule has 0 saturated carbocycles. The first-order valence-electron chi connectivity index (χ1n) is 6.63. The second-order valence-corrected chi connectivity index (χ2v) is 7.27. The molecule has 0 spiro atoms. The van der Waals surface area contributed by atoms with Crippen molar-refractivity contribution in [2.75, 3.05) is 32.5 Å². The van der Waals surface area contributed by atoms with Gasteiger partial charge in [-0.05, 0) is 30.4 Å². The Labute approximate surface area is 138 Å².